The fourth-order valence-corrected chi connectivity index (χ4v) is 2.79. The largest absolute Gasteiger partial charge is 0.338 e. The molecule has 3 rings (SSSR count). The van der Waals surface area contributed by atoms with Crippen LogP contribution in [0.15, 0.2) is 34.2 Å². The predicted molar refractivity (Wildman–Crippen MR) is 82.2 cm³/mol. The fourth-order valence-electron chi connectivity index (χ4n) is 1.95. The second-order valence-electron chi connectivity index (χ2n) is 4.77. The summed E-state index contributed by atoms with van der Waals surface area (Å²) in [7, 11) is 1.93. The summed E-state index contributed by atoms with van der Waals surface area (Å²) in [4.78, 5) is 8.46. The zero-order valence-electron chi connectivity index (χ0n) is 12.6. The maximum absolute atomic E-state index is 5.27. The molecule has 0 saturated carbocycles. The Morgan fingerprint density at radius 3 is 2.91 bits per heavy atom. The molecular weight excluding hydrogens is 300 g/mol. The Morgan fingerprint density at radius 2 is 2.23 bits per heavy atom. The normalized spacial score (nSPS) is 12.5. The van der Waals surface area contributed by atoms with E-state index in [1.807, 2.05) is 37.6 Å². The molecule has 0 saturated heterocycles. The Labute approximate surface area is 132 Å². The summed E-state index contributed by atoms with van der Waals surface area (Å²) < 4.78 is 7.21. The summed E-state index contributed by atoms with van der Waals surface area (Å²) in [6, 6.07) is 3.84. The maximum Gasteiger partial charge on any atom is 0.239 e. The highest BCUT2D eigenvalue weighted by molar-refractivity contribution is 7.99. The van der Waals surface area contributed by atoms with Crippen molar-refractivity contribution in [1.29, 1.82) is 0 Å². The molecule has 0 fully saturated rings. The van der Waals surface area contributed by atoms with Crippen molar-refractivity contribution >= 4 is 11.8 Å². The monoisotopic (exact) mass is 316 g/mol. The lowest BCUT2D eigenvalue weighted by Gasteiger charge is -2.06. The Kier molecular flexibility index (Phi) is 4.19. The topological polar surface area (TPSA) is 82.5 Å². The number of rotatable bonds is 5. The predicted octanol–water partition coefficient (Wildman–Crippen LogP) is 2.68. The van der Waals surface area contributed by atoms with Crippen molar-refractivity contribution in [3.8, 4) is 11.4 Å². The van der Waals surface area contributed by atoms with E-state index in [4.69, 9.17) is 4.52 Å². The lowest BCUT2D eigenvalue weighted by atomic mass is 10.3. The van der Waals surface area contributed by atoms with Gasteiger partial charge in [-0.2, -0.15) is 4.98 Å². The average molecular weight is 316 g/mol. The highest BCUT2D eigenvalue weighted by atomic mass is 32.2. The molecule has 1 atom stereocenters. The van der Waals surface area contributed by atoms with Crippen molar-refractivity contribution < 1.29 is 4.52 Å². The van der Waals surface area contributed by atoms with E-state index >= 15 is 0 Å². The molecule has 114 valence electrons. The number of pyridine rings is 1. The van der Waals surface area contributed by atoms with Gasteiger partial charge in [0.25, 0.3) is 0 Å². The first-order valence-electron chi connectivity index (χ1n) is 6.98. The third-order valence-corrected chi connectivity index (χ3v) is 4.31. The molecular formula is C14H16N6OS. The van der Waals surface area contributed by atoms with Crippen LogP contribution < -0.4 is 0 Å². The van der Waals surface area contributed by atoms with Gasteiger partial charge < -0.3 is 9.09 Å². The van der Waals surface area contributed by atoms with E-state index < -0.39 is 0 Å². The number of aryl methyl sites for hydroxylation is 1. The van der Waals surface area contributed by atoms with Gasteiger partial charge in [-0.15, -0.1) is 10.2 Å². The summed E-state index contributed by atoms with van der Waals surface area (Å²) in [5, 5.41) is 13.2. The van der Waals surface area contributed by atoms with E-state index in [1.165, 1.54) is 11.8 Å². The van der Waals surface area contributed by atoms with Crippen LogP contribution >= 0.6 is 11.8 Å². The molecule has 3 aromatic rings. The first-order chi connectivity index (χ1) is 10.7. The Bertz CT molecular complexity index is 754. The van der Waals surface area contributed by atoms with Crippen LogP contribution in [0, 0.1) is 0 Å². The van der Waals surface area contributed by atoms with E-state index in [0.717, 1.165) is 28.8 Å². The van der Waals surface area contributed by atoms with E-state index in [9.17, 15) is 0 Å². The van der Waals surface area contributed by atoms with Crippen LogP contribution in [0.5, 0.6) is 0 Å². The number of thioether (sulfide) groups is 1. The molecule has 0 spiro atoms. The minimum atomic E-state index is 0.0115. The van der Waals surface area contributed by atoms with Crippen molar-refractivity contribution in [1.82, 2.24) is 29.9 Å². The van der Waals surface area contributed by atoms with Gasteiger partial charge >= 0.3 is 0 Å². The quantitative estimate of drug-likeness (QED) is 0.669. The molecule has 1 unspecified atom stereocenters. The SMILES string of the molecule is CCc1noc(C(C)Sc2nnc(-c3cccnc3)n2C)n1. The van der Waals surface area contributed by atoms with E-state index in [1.54, 1.807) is 12.4 Å². The Morgan fingerprint density at radius 1 is 1.36 bits per heavy atom. The van der Waals surface area contributed by atoms with E-state index in [-0.39, 0.29) is 5.25 Å². The highest BCUT2D eigenvalue weighted by Gasteiger charge is 2.19. The molecule has 0 aromatic carbocycles. The molecule has 3 heterocycles. The molecule has 0 N–H and O–H groups in total. The summed E-state index contributed by atoms with van der Waals surface area (Å²) in [6.07, 6.45) is 4.27. The summed E-state index contributed by atoms with van der Waals surface area (Å²) in [5.41, 5.74) is 0.933. The lowest BCUT2D eigenvalue weighted by molar-refractivity contribution is 0.375. The van der Waals surface area contributed by atoms with Gasteiger partial charge in [0, 0.05) is 31.4 Å². The highest BCUT2D eigenvalue weighted by Crippen LogP contribution is 2.33. The lowest BCUT2D eigenvalue weighted by Crippen LogP contribution is -1.97. The van der Waals surface area contributed by atoms with Crippen LogP contribution in [0.25, 0.3) is 11.4 Å². The third kappa shape index (κ3) is 2.87. The van der Waals surface area contributed by atoms with Crippen LogP contribution in [0.2, 0.25) is 0 Å². The molecule has 8 heteroatoms. The number of hydrogen-bond donors (Lipinski definition) is 0. The van der Waals surface area contributed by atoms with E-state index in [0.29, 0.717) is 5.89 Å². The second-order valence-corrected chi connectivity index (χ2v) is 6.08. The average Bonchev–Trinajstić information content (AvgIpc) is 3.16. The van der Waals surface area contributed by atoms with Crippen molar-refractivity contribution in [2.75, 3.05) is 0 Å². The third-order valence-electron chi connectivity index (χ3n) is 3.18. The van der Waals surface area contributed by atoms with Crippen molar-refractivity contribution in [2.24, 2.45) is 7.05 Å². The first kappa shape index (κ1) is 14.7. The van der Waals surface area contributed by atoms with E-state index in [2.05, 4.69) is 25.3 Å². The Balaban J connectivity index is 1.80. The van der Waals surface area contributed by atoms with Crippen LogP contribution in [0.1, 0.15) is 30.8 Å². The molecule has 0 radical (unpaired) electrons. The van der Waals surface area contributed by atoms with Gasteiger partial charge in [-0.05, 0) is 19.1 Å². The standard InChI is InChI=1S/C14H16N6OS/c1-4-11-16-13(21-19-11)9(2)22-14-18-17-12(20(14)3)10-6-5-7-15-8-10/h5-9H,4H2,1-3H3. The van der Waals surface area contributed by atoms with Gasteiger partial charge in [-0.3, -0.25) is 4.98 Å². The van der Waals surface area contributed by atoms with Gasteiger partial charge in [0.15, 0.2) is 16.8 Å². The number of hydrogen-bond acceptors (Lipinski definition) is 7. The maximum atomic E-state index is 5.27. The van der Waals surface area contributed by atoms with Crippen molar-refractivity contribution in [3.63, 3.8) is 0 Å². The van der Waals surface area contributed by atoms with Crippen molar-refractivity contribution in [3.05, 3.63) is 36.2 Å². The fraction of sp³-hybridized carbons (Fsp3) is 0.357. The summed E-state index contributed by atoms with van der Waals surface area (Å²) >= 11 is 1.54. The summed E-state index contributed by atoms with van der Waals surface area (Å²) in [5.74, 6) is 2.10. The number of nitrogens with zero attached hydrogens (tertiary/aromatic N) is 6. The van der Waals surface area contributed by atoms with Gasteiger partial charge in [-0.25, -0.2) is 0 Å². The minimum absolute atomic E-state index is 0.0115. The Hall–Kier alpha value is -2.22. The zero-order chi connectivity index (χ0) is 15.5. The summed E-state index contributed by atoms with van der Waals surface area (Å²) in [6.45, 7) is 4.01. The zero-order valence-corrected chi connectivity index (χ0v) is 13.4. The molecule has 0 aliphatic rings. The minimum Gasteiger partial charge on any atom is -0.338 e. The molecule has 0 amide bonds. The smallest absolute Gasteiger partial charge is 0.239 e. The molecule has 7 nitrogen and oxygen atoms in total. The first-order valence-corrected chi connectivity index (χ1v) is 7.86. The van der Waals surface area contributed by atoms with Gasteiger partial charge in [-0.1, -0.05) is 23.8 Å². The molecule has 3 aromatic heterocycles. The van der Waals surface area contributed by atoms with Gasteiger partial charge in [0.1, 0.15) is 0 Å². The molecule has 0 aliphatic carbocycles. The number of aromatic nitrogens is 6. The van der Waals surface area contributed by atoms with Crippen LogP contribution in [-0.2, 0) is 13.5 Å². The van der Waals surface area contributed by atoms with Crippen molar-refractivity contribution in [2.45, 2.75) is 30.7 Å². The molecule has 0 aliphatic heterocycles. The van der Waals surface area contributed by atoms with Crippen LogP contribution in [-0.4, -0.2) is 29.9 Å². The van der Waals surface area contributed by atoms with Crippen LogP contribution in [0.4, 0.5) is 0 Å². The van der Waals surface area contributed by atoms with Gasteiger partial charge in [0.05, 0.1) is 5.25 Å². The molecule has 22 heavy (non-hydrogen) atoms. The van der Waals surface area contributed by atoms with Crippen LogP contribution in [0.3, 0.4) is 0 Å². The van der Waals surface area contributed by atoms with Gasteiger partial charge in [0.2, 0.25) is 5.89 Å². The molecule has 0 bridgehead atoms. The second kappa shape index (κ2) is 6.27.